The maximum absolute atomic E-state index is 12.3. The van der Waals surface area contributed by atoms with Gasteiger partial charge in [-0.1, -0.05) is 35.3 Å². The van der Waals surface area contributed by atoms with E-state index in [1.165, 1.54) is 25.1 Å². The predicted molar refractivity (Wildman–Crippen MR) is 96.8 cm³/mol. The van der Waals surface area contributed by atoms with Gasteiger partial charge in [0.1, 0.15) is 0 Å². The minimum Gasteiger partial charge on any atom is -0.258 e. The van der Waals surface area contributed by atoms with Crippen molar-refractivity contribution in [3.8, 4) is 0 Å². The molecule has 0 aliphatic carbocycles. The van der Waals surface area contributed by atoms with Crippen molar-refractivity contribution in [1.29, 1.82) is 0 Å². The molecule has 2 aromatic rings. The van der Waals surface area contributed by atoms with Gasteiger partial charge in [-0.2, -0.15) is 18.4 Å². The standard InChI is InChI=1S/C15H13Cl2N3O4S/c1-9-3-5-12(8-15(9)20(21)22)25(23,24)19-18-10(2)13-6-4-11(16)7-14(13)17/h3-8,19H,1-2H3. The number of nitrogens with zero attached hydrogens (tertiary/aromatic N) is 2. The van der Waals surface area contributed by atoms with E-state index in [9.17, 15) is 18.5 Å². The van der Waals surface area contributed by atoms with Gasteiger partial charge in [-0.15, -0.1) is 0 Å². The van der Waals surface area contributed by atoms with E-state index in [1.807, 2.05) is 4.83 Å². The summed E-state index contributed by atoms with van der Waals surface area (Å²) < 4.78 is 24.6. The third-order valence-corrected chi connectivity index (χ3v) is 5.10. The van der Waals surface area contributed by atoms with Crippen molar-refractivity contribution >= 4 is 44.6 Å². The maximum Gasteiger partial charge on any atom is 0.276 e. The fraction of sp³-hybridized carbons (Fsp3) is 0.133. The quantitative estimate of drug-likeness (QED) is 0.465. The summed E-state index contributed by atoms with van der Waals surface area (Å²) >= 11 is 11.9. The minimum atomic E-state index is -4.07. The second-order valence-corrected chi connectivity index (χ2v) is 7.63. The molecule has 2 rings (SSSR count). The van der Waals surface area contributed by atoms with Crippen LogP contribution in [0.15, 0.2) is 46.4 Å². The highest BCUT2D eigenvalue weighted by Gasteiger charge is 2.19. The van der Waals surface area contributed by atoms with Crippen LogP contribution < -0.4 is 4.83 Å². The van der Waals surface area contributed by atoms with Crippen LogP contribution in [0.4, 0.5) is 5.69 Å². The summed E-state index contributed by atoms with van der Waals surface area (Å²) in [5, 5.41) is 15.5. The molecule has 0 radical (unpaired) electrons. The number of nitro benzene ring substituents is 1. The first-order chi connectivity index (χ1) is 11.6. The average Bonchev–Trinajstić information content (AvgIpc) is 2.52. The van der Waals surface area contributed by atoms with Crippen molar-refractivity contribution in [3.05, 3.63) is 67.7 Å². The van der Waals surface area contributed by atoms with Crippen LogP contribution in [0.3, 0.4) is 0 Å². The van der Waals surface area contributed by atoms with Gasteiger partial charge in [-0.25, -0.2) is 0 Å². The van der Waals surface area contributed by atoms with E-state index in [0.717, 1.165) is 6.07 Å². The largest absolute Gasteiger partial charge is 0.276 e. The molecule has 0 fully saturated rings. The van der Waals surface area contributed by atoms with Gasteiger partial charge in [0, 0.05) is 22.2 Å². The molecule has 0 aliphatic rings. The molecule has 0 atom stereocenters. The molecule has 1 N–H and O–H groups in total. The normalized spacial score (nSPS) is 12.1. The van der Waals surface area contributed by atoms with Crippen LogP contribution >= 0.6 is 23.2 Å². The second kappa shape index (κ2) is 7.38. The number of benzene rings is 2. The summed E-state index contributed by atoms with van der Waals surface area (Å²) in [7, 11) is -4.07. The SMILES string of the molecule is CC(=NNS(=O)(=O)c1ccc(C)c([N+](=O)[O-])c1)c1ccc(Cl)cc1Cl. The summed E-state index contributed by atoms with van der Waals surface area (Å²) in [5.74, 6) is 0. The Morgan fingerprint density at radius 3 is 2.48 bits per heavy atom. The molecule has 10 heteroatoms. The molecular weight excluding hydrogens is 389 g/mol. The first kappa shape index (κ1) is 19.2. The van der Waals surface area contributed by atoms with Crippen molar-refractivity contribution in [2.45, 2.75) is 18.7 Å². The minimum absolute atomic E-state index is 0.261. The monoisotopic (exact) mass is 401 g/mol. The van der Waals surface area contributed by atoms with Crippen LogP contribution in [0.5, 0.6) is 0 Å². The van der Waals surface area contributed by atoms with Gasteiger partial charge in [0.05, 0.1) is 20.6 Å². The van der Waals surface area contributed by atoms with E-state index in [2.05, 4.69) is 5.10 Å². The first-order valence-corrected chi connectivity index (χ1v) is 9.12. The Bertz CT molecular complexity index is 975. The molecule has 7 nitrogen and oxygen atoms in total. The number of nitrogens with one attached hydrogen (secondary N) is 1. The zero-order valence-corrected chi connectivity index (χ0v) is 15.5. The molecule has 0 saturated carbocycles. The first-order valence-electron chi connectivity index (χ1n) is 6.88. The number of hydrogen-bond acceptors (Lipinski definition) is 5. The summed E-state index contributed by atoms with van der Waals surface area (Å²) in [5.41, 5.74) is 0.886. The molecular formula is C15H13Cl2N3O4S. The zero-order chi connectivity index (χ0) is 18.8. The van der Waals surface area contributed by atoms with E-state index in [1.54, 1.807) is 19.1 Å². The van der Waals surface area contributed by atoms with E-state index >= 15 is 0 Å². The highest BCUT2D eigenvalue weighted by atomic mass is 35.5. The van der Waals surface area contributed by atoms with Gasteiger partial charge in [-0.3, -0.25) is 10.1 Å². The number of nitro groups is 1. The molecule has 0 unspecified atom stereocenters. The molecule has 0 heterocycles. The van der Waals surface area contributed by atoms with Gasteiger partial charge in [0.25, 0.3) is 15.7 Å². The van der Waals surface area contributed by atoms with Crippen molar-refractivity contribution < 1.29 is 13.3 Å². The number of aryl methyl sites for hydroxylation is 1. The predicted octanol–water partition coefficient (Wildman–Crippen LogP) is 3.91. The zero-order valence-electron chi connectivity index (χ0n) is 13.2. The molecule has 0 aliphatic heterocycles. The van der Waals surface area contributed by atoms with Gasteiger partial charge in [-0.05, 0) is 32.0 Å². The second-order valence-electron chi connectivity index (χ2n) is 5.12. The lowest BCUT2D eigenvalue weighted by atomic mass is 10.1. The van der Waals surface area contributed by atoms with Gasteiger partial charge in [0.2, 0.25) is 0 Å². The molecule has 132 valence electrons. The lowest BCUT2D eigenvalue weighted by molar-refractivity contribution is -0.385. The molecule has 0 amide bonds. The van der Waals surface area contributed by atoms with Crippen molar-refractivity contribution in [2.75, 3.05) is 0 Å². The lowest BCUT2D eigenvalue weighted by Crippen LogP contribution is -2.20. The summed E-state index contributed by atoms with van der Waals surface area (Å²) in [6.45, 7) is 3.09. The van der Waals surface area contributed by atoms with Crippen LogP contribution in [0.1, 0.15) is 18.1 Å². The van der Waals surface area contributed by atoms with Crippen molar-refractivity contribution in [3.63, 3.8) is 0 Å². The third kappa shape index (κ3) is 4.47. The van der Waals surface area contributed by atoms with Crippen LogP contribution in [0.2, 0.25) is 10.0 Å². The highest BCUT2D eigenvalue weighted by Crippen LogP contribution is 2.23. The average molecular weight is 402 g/mol. The van der Waals surface area contributed by atoms with Crippen LogP contribution in [-0.4, -0.2) is 19.1 Å². The highest BCUT2D eigenvalue weighted by molar-refractivity contribution is 7.89. The fourth-order valence-corrected chi connectivity index (χ4v) is 3.40. The number of halogens is 2. The van der Waals surface area contributed by atoms with E-state index in [0.29, 0.717) is 26.9 Å². The summed E-state index contributed by atoms with van der Waals surface area (Å²) in [4.78, 5) is 12.1. The number of rotatable bonds is 5. The topological polar surface area (TPSA) is 102 Å². The van der Waals surface area contributed by atoms with Crippen molar-refractivity contribution in [2.24, 2.45) is 5.10 Å². The Morgan fingerprint density at radius 2 is 1.88 bits per heavy atom. The maximum atomic E-state index is 12.3. The molecule has 0 aromatic heterocycles. The number of hydrogen-bond donors (Lipinski definition) is 1. The Morgan fingerprint density at radius 1 is 1.20 bits per heavy atom. The van der Waals surface area contributed by atoms with Crippen molar-refractivity contribution in [1.82, 2.24) is 4.83 Å². The molecule has 2 aromatic carbocycles. The van der Waals surface area contributed by atoms with E-state index in [-0.39, 0.29) is 10.6 Å². The Labute approximate surface area is 154 Å². The molecule has 0 saturated heterocycles. The Balaban J connectivity index is 2.32. The number of sulfonamides is 1. The van der Waals surface area contributed by atoms with E-state index in [4.69, 9.17) is 23.2 Å². The Hall–Kier alpha value is -2.16. The Kier molecular flexibility index (Phi) is 5.66. The van der Waals surface area contributed by atoms with Crippen LogP contribution in [-0.2, 0) is 10.0 Å². The lowest BCUT2D eigenvalue weighted by Gasteiger charge is -2.07. The molecule has 0 spiro atoms. The van der Waals surface area contributed by atoms with Crippen LogP contribution in [0.25, 0.3) is 0 Å². The third-order valence-electron chi connectivity index (χ3n) is 3.34. The van der Waals surface area contributed by atoms with E-state index < -0.39 is 14.9 Å². The fourth-order valence-electron chi connectivity index (χ4n) is 1.98. The smallest absolute Gasteiger partial charge is 0.258 e. The van der Waals surface area contributed by atoms with Gasteiger partial charge >= 0.3 is 0 Å². The van der Waals surface area contributed by atoms with Gasteiger partial charge in [0.15, 0.2) is 0 Å². The summed E-state index contributed by atoms with van der Waals surface area (Å²) in [6.07, 6.45) is 0. The van der Waals surface area contributed by atoms with Gasteiger partial charge < -0.3 is 0 Å². The number of hydrazone groups is 1. The summed E-state index contributed by atoms with van der Waals surface area (Å²) in [6, 6.07) is 8.32. The van der Waals surface area contributed by atoms with Crippen LogP contribution in [0, 0.1) is 17.0 Å². The molecule has 25 heavy (non-hydrogen) atoms. The molecule has 0 bridgehead atoms.